The highest BCUT2D eigenvalue weighted by atomic mass is 16.5. The van der Waals surface area contributed by atoms with Crippen molar-refractivity contribution in [3.63, 3.8) is 0 Å². The molecule has 118 valence electrons. The van der Waals surface area contributed by atoms with Crippen LogP contribution in [-0.4, -0.2) is 49.2 Å². The summed E-state index contributed by atoms with van der Waals surface area (Å²) in [6.07, 6.45) is 0. The second kappa shape index (κ2) is 7.61. The first-order chi connectivity index (χ1) is 10.6. The normalized spacial score (nSPS) is 10.6. The molecule has 0 aliphatic rings. The number of anilines is 3. The summed E-state index contributed by atoms with van der Waals surface area (Å²) in [5.74, 6) is 3.10. The number of aryl methyl sites for hydroxylation is 1. The van der Waals surface area contributed by atoms with E-state index in [0.29, 0.717) is 0 Å². The quantitative estimate of drug-likeness (QED) is 0.819. The second-order valence-corrected chi connectivity index (χ2v) is 5.27. The van der Waals surface area contributed by atoms with Gasteiger partial charge in [-0.15, -0.1) is 0 Å². The van der Waals surface area contributed by atoms with E-state index in [0.717, 1.165) is 42.0 Å². The van der Waals surface area contributed by atoms with Gasteiger partial charge in [-0.25, -0.2) is 9.97 Å². The zero-order valence-corrected chi connectivity index (χ0v) is 13.6. The number of aromatic nitrogens is 2. The average Bonchev–Trinajstić information content (AvgIpc) is 2.46. The molecule has 0 amide bonds. The molecular weight excluding hydrogens is 278 g/mol. The molecule has 0 fully saturated rings. The second-order valence-electron chi connectivity index (χ2n) is 5.27. The van der Waals surface area contributed by atoms with Crippen LogP contribution in [0.4, 0.5) is 17.3 Å². The zero-order chi connectivity index (χ0) is 15.9. The zero-order valence-electron chi connectivity index (χ0n) is 13.6. The third-order valence-electron chi connectivity index (χ3n) is 3.05. The lowest BCUT2D eigenvalue weighted by Crippen LogP contribution is -2.21. The molecule has 0 radical (unpaired) electrons. The minimum Gasteiger partial charge on any atom is -0.497 e. The number of benzene rings is 1. The predicted octanol–water partition coefficient (Wildman–Crippen LogP) is 2.51. The molecule has 6 heteroatoms. The maximum Gasteiger partial charge on any atom is 0.136 e. The van der Waals surface area contributed by atoms with Crippen LogP contribution in [0.3, 0.4) is 0 Å². The molecule has 0 atom stereocenters. The van der Waals surface area contributed by atoms with Crippen molar-refractivity contribution >= 4 is 17.3 Å². The summed E-state index contributed by atoms with van der Waals surface area (Å²) in [6, 6.07) is 9.65. The Morgan fingerprint density at radius 2 is 1.91 bits per heavy atom. The third kappa shape index (κ3) is 4.89. The van der Waals surface area contributed by atoms with E-state index in [2.05, 4.69) is 25.5 Å². The van der Waals surface area contributed by atoms with Crippen molar-refractivity contribution in [2.24, 2.45) is 0 Å². The lowest BCUT2D eigenvalue weighted by atomic mass is 10.3. The fourth-order valence-electron chi connectivity index (χ4n) is 1.98. The Hall–Kier alpha value is -2.34. The molecule has 0 aliphatic heterocycles. The van der Waals surface area contributed by atoms with Crippen molar-refractivity contribution < 1.29 is 4.74 Å². The van der Waals surface area contributed by atoms with Crippen molar-refractivity contribution in [2.45, 2.75) is 6.92 Å². The lowest BCUT2D eigenvalue weighted by Gasteiger charge is -2.13. The van der Waals surface area contributed by atoms with Crippen molar-refractivity contribution in [1.29, 1.82) is 0 Å². The van der Waals surface area contributed by atoms with E-state index in [-0.39, 0.29) is 0 Å². The first-order valence-electron chi connectivity index (χ1n) is 7.22. The van der Waals surface area contributed by atoms with Gasteiger partial charge in [0, 0.05) is 30.9 Å². The predicted molar refractivity (Wildman–Crippen MR) is 90.1 cm³/mol. The van der Waals surface area contributed by atoms with E-state index in [1.807, 2.05) is 51.4 Å². The Balaban J connectivity index is 2.08. The van der Waals surface area contributed by atoms with Gasteiger partial charge in [0.1, 0.15) is 23.2 Å². The summed E-state index contributed by atoms with van der Waals surface area (Å²) in [5, 5.41) is 6.59. The number of rotatable bonds is 7. The van der Waals surface area contributed by atoms with Gasteiger partial charge in [-0.05, 0) is 33.2 Å². The molecule has 0 spiro atoms. The fraction of sp³-hybridized carbons (Fsp3) is 0.375. The van der Waals surface area contributed by atoms with Crippen LogP contribution in [0, 0.1) is 6.92 Å². The summed E-state index contributed by atoms with van der Waals surface area (Å²) >= 11 is 0. The summed E-state index contributed by atoms with van der Waals surface area (Å²) in [5.41, 5.74) is 0.927. The molecule has 2 aromatic rings. The van der Waals surface area contributed by atoms with Gasteiger partial charge >= 0.3 is 0 Å². The van der Waals surface area contributed by atoms with Gasteiger partial charge in [0.05, 0.1) is 7.11 Å². The standard InChI is InChI=1S/C16H23N5O/c1-12-18-15(17-8-9-21(2)3)11-16(19-12)20-13-6-5-7-14(10-13)22-4/h5-7,10-11H,8-9H2,1-4H3,(H2,17,18,19,20). The van der Waals surface area contributed by atoms with E-state index in [4.69, 9.17) is 4.74 Å². The van der Waals surface area contributed by atoms with Crippen LogP contribution in [0.2, 0.25) is 0 Å². The van der Waals surface area contributed by atoms with Crippen molar-refractivity contribution in [3.8, 4) is 5.75 Å². The van der Waals surface area contributed by atoms with Crippen LogP contribution < -0.4 is 15.4 Å². The number of nitrogens with zero attached hydrogens (tertiary/aromatic N) is 3. The minimum absolute atomic E-state index is 0.722. The molecule has 0 saturated carbocycles. The third-order valence-corrected chi connectivity index (χ3v) is 3.05. The largest absolute Gasteiger partial charge is 0.497 e. The highest BCUT2D eigenvalue weighted by molar-refractivity contribution is 5.60. The molecule has 1 heterocycles. The highest BCUT2D eigenvalue weighted by Gasteiger charge is 2.03. The SMILES string of the molecule is COc1cccc(Nc2cc(NCCN(C)C)nc(C)n2)c1. The molecule has 2 rings (SSSR count). The maximum absolute atomic E-state index is 5.23. The molecule has 0 saturated heterocycles. The molecule has 22 heavy (non-hydrogen) atoms. The molecule has 0 aliphatic carbocycles. The summed E-state index contributed by atoms with van der Waals surface area (Å²) < 4.78 is 5.23. The molecule has 2 N–H and O–H groups in total. The number of nitrogens with one attached hydrogen (secondary N) is 2. The molecule has 1 aromatic heterocycles. The molecule has 1 aromatic carbocycles. The summed E-state index contributed by atoms with van der Waals surface area (Å²) in [7, 11) is 5.74. The first-order valence-corrected chi connectivity index (χ1v) is 7.22. The van der Waals surface area contributed by atoms with Gasteiger partial charge in [-0.1, -0.05) is 6.07 Å². The van der Waals surface area contributed by atoms with E-state index in [1.165, 1.54) is 0 Å². The van der Waals surface area contributed by atoms with Crippen LogP contribution in [-0.2, 0) is 0 Å². The Kier molecular flexibility index (Phi) is 5.55. The van der Waals surface area contributed by atoms with E-state index in [1.54, 1.807) is 7.11 Å². The Labute approximate surface area is 131 Å². The van der Waals surface area contributed by atoms with E-state index in [9.17, 15) is 0 Å². The molecule has 0 unspecified atom stereocenters. The number of ether oxygens (including phenoxy) is 1. The van der Waals surface area contributed by atoms with Gasteiger partial charge in [0.15, 0.2) is 0 Å². The first kappa shape index (κ1) is 16.0. The minimum atomic E-state index is 0.722. The van der Waals surface area contributed by atoms with Crippen LogP contribution in [0.1, 0.15) is 5.82 Å². The van der Waals surface area contributed by atoms with Crippen molar-refractivity contribution in [3.05, 3.63) is 36.2 Å². The monoisotopic (exact) mass is 301 g/mol. The number of hydrogen-bond acceptors (Lipinski definition) is 6. The van der Waals surface area contributed by atoms with Gasteiger partial charge in [0.25, 0.3) is 0 Å². The van der Waals surface area contributed by atoms with Crippen LogP contribution >= 0.6 is 0 Å². The van der Waals surface area contributed by atoms with Gasteiger partial charge < -0.3 is 20.3 Å². The maximum atomic E-state index is 5.23. The Morgan fingerprint density at radius 3 is 2.64 bits per heavy atom. The van der Waals surface area contributed by atoms with Crippen LogP contribution in [0.25, 0.3) is 0 Å². The number of hydrogen-bond donors (Lipinski definition) is 2. The summed E-state index contributed by atoms with van der Waals surface area (Å²) in [6.45, 7) is 3.66. The average molecular weight is 301 g/mol. The fourth-order valence-corrected chi connectivity index (χ4v) is 1.98. The summed E-state index contributed by atoms with van der Waals surface area (Å²) in [4.78, 5) is 10.9. The Morgan fingerprint density at radius 1 is 1.14 bits per heavy atom. The molecular formula is C16H23N5O. The van der Waals surface area contributed by atoms with Crippen LogP contribution in [0.15, 0.2) is 30.3 Å². The van der Waals surface area contributed by atoms with E-state index >= 15 is 0 Å². The number of likely N-dealkylation sites (N-methyl/N-ethyl adjacent to an activating group) is 1. The van der Waals surface area contributed by atoms with Crippen molar-refractivity contribution in [1.82, 2.24) is 14.9 Å². The topological polar surface area (TPSA) is 62.3 Å². The van der Waals surface area contributed by atoms with Crippen LogP contribution in [0.5, 0.6) is 5.75 Å². The van der Waals surface area contributed by atoms with Gasteiger partial charge in [-0.2, -0.15) is 0 Å². The lowest BCUT2D eigenvalue weighted by molar-refractivity contribution is 0.415. The molecule has 6 nitrogen and oxygen atoms in total. The van der Waals surface area contributed by atoms with Gasteiger partial charge in [0.2, 0.25) is 0 Å². The number of methoxy groups -OCH3 is 1. The van der Waals surface area contributed by atoms with Crippen molar-refractivity contribution in [2.75, 3.05) is 44.9 Å². The smallest absolute Gasteiger partial charge is 0.136 e. The molecule has 0 bridgehead atoms. The highest BCUT2D eigenvalue weighted by Crippen LogP contribution is 2.21. The van der Waals surface area contributed by atoms with Gasteiger partial charge in [-0.3, -0.25) is 0 Å². The Bertz CT molecular complexity index is 615. The van der Waals surface area contributed by atoms with E-state index < -0.39 is 0 Å².